The summed E-state index contributed by atoms with van der Waals surface area (Å²) in [6.07, 6.45) is 0. The van der Waals surface area contributed by atoms with E-state index in [2.05, 4.69) is 53.4 Å². The third-order valence-corrected chi connectivity index (χ3v) is 4.97. The van der Waals surface area contributed by atoms with E-state index in [1.54, 1.807) is 14.2 Å². The van der Waals surface area contributed by atoms with E-state index in [0.29, 0.717) is 0 Å². The molecule has 0 aliphatic rings. The molecular formula is C25H24N2O2. The second-order valence-electron chi connectivity index (χ2n) is 6.91. The van der Waals surface area contributed by atoms with Crippen LogP contribution in [0.25, 0.3) is 10.9 Å². The molecule has 4 heteroatoms. The summed E-state index contributed by atoms with van der Waals surface area (Å²) >= 11 is 0. The van der Waals surface area contributed by atoms with Gasteiger partial charge in [0, 0.05) is 18.5 Å². The second-order valence-corrected chi connectivity index (χ2v) is 6.91. The summed E-state index contributed by atoms with van der Waals surface area (Å²) in [4.78, 5) is 7.20. The highest BCUT2D eigenvalue weighted by Crippen LogP contribution is 2.23. The van der Waals surface area contributed by atoms with Gasteiger partial charge in [-0.05, 0) is 53.6 Å². The molecule has 0 unspecified atom stereocenters. The predicted molar refractivity (Wildman–Crippen MR) is 118 cm³/mol. The molecule has 4 aromatic rings. The second kappa shape index (κ2) is 8.65. The number of anilines is 1. The summed E-state index contributed by atoms with van der Waals surface area (Å²) in [6.45, 7) is 1.50. The van der Waals surface area contributed by atoms with Crippen molar-refractivity contribution in [2.75, 3.05) is 19.1 Å². The predicted octanol–water partition coefficient (Wildman–Crippen LogP) is 5.46. The van der Waals surface area contributed by atoms with Gasteiger partial charge in [0.1, 0.15) is 17.3 Å². The largest absolute Gasteiger partial charge is 0.497 e. The summed E-state index contributed by atoms with van der Waals surface area (Å²) in [5.41, 5.74) is 3.41. The van der Waals surface area contributed by atoms with E-state index in [4.69, 9.17) is 14.5 Å². The first-order chi connectivity index (χ1) is 14.2. The molecule has 0 atom stereocenters. The van der Waals surface area contributed by atoms with Crippen LogP contribution in [0.3, 0.4) is 0 Å². The topological polar surface area (TPSA) is 34.6 Å². The van der Waals surface area contributed by atoms with Crippen molar-refractivity contribution in [3.05, 3.63) is 96.1 Å². The van der Waals surface area contributed by atoms with Crippen LogP contribution in [0, 0.1) is 0 Å². The van der Waals surface area contributed by atoms with Gasteiger partial charge in [-0.15, -0.1) is 0 Å². The van der Waals surface area contributed by atoms with E-state index in [1.807, 2.05) is 36.4 Å². The lowest BCUT2D eigenvalue weighted by Crippen LogP contribution is -2.23. The average molecular weight is 384 g/mol. The first-order valence-corrected chi connectivity index (χ1v) is 9.62. The Bertz CT molecular complexity index is 1030. The van der Waals surface area contributed by atoms with Gasteiger partial charge in [0.2, 0.25) is 0 Å². The van der Waals surface area contributed by atoms with Crippen molar-refractivity contribution in [3.63, 3.8) is 0 Å². The molecule has 4 rings (SSSR count). The first kappa shape index (κ1) is 18.8. The summed E-state index contributed by atoms with van der Waals surface area (Å²) in [6, 6.07) is 28.8. The van der Waals surface area contributed by atoms with Gasteiger partial charge >= 0.3 is 0 Å². The van der Waals surface area contributed by atoms with Gasteiger partial charge in [-0.3, -0.25) is 0 Å². The number of methoxy groups -OCH3 is 2. The number of hydrogen-bond donors (Lipinski definition) is 0. The highest BCUT2D eigenvalue weighted by molar-refractivity contribution is 5.80. The van der Waals surface area contributed by atoms with Crippen molar-refractivity contribution in [1.29, 1.82) is 0 Å². The molecule has 0 aliphatic heterocycles. The summed E-state index contributed by atoms with van der Waals surface area (Å²) < 4.78 is 10.6. The number of para-hydroxylation sites is 1. The number of nitrogens with zero attached hydrogens (tertiary/aromatic N) is 2. The van der Waals surface area contributed by atoms with Crippen LogP contribution in [-0.2, 0) is 13.1 Å². The summed E-state index contributed by atoms with van der Waals surface area (Å²) in [5, 5.41) is 1.14. The molecule has 0 bridgehead atoms. The van der Waals surface area contributed by atoms with Gasteiger partial charge < -0.3 is 14.4 Å². The molecule has 0 saturated carbocycles. The Hall–Kier alpha value is -3.53. The number of rotatable bonds is 7. The van der Waals surface area contributed by atoms with Gasteiger partial charge in [-0.25, -0.2) is 4.98 Å². The maximum Gasteiger partial charge on any atom is 0.129 e. The third kappa shape index (κ3) is 4.49. The molecule has 0 spiro atoms. The fourth-order valence-electron chi connectivity index (χ4n) is 3.35. The number of aromatic nitrogens is 1. The highest BCUT2D eigenvalue weighted by atomic mass is 16.5. The smallest absolute Gasteiger partial charge is 0.129 e. The lowest BCUT2D eigenvalue weighted by molar-refractivity contribution is 0.414. The summed E-state index contributed by atoms with van der Waals surface area (Å²) in [5.74, 6) is 2.67. The lowest BCUT2D eigenvalue weighted by Gasteiger charge is -2.24. The molecule has 0 fully saturated rings. The van der Waals surface area contributed by atoms with Crippen molar-refractivity contribution in [1.82, 2.24) is 4.98 Å². The van der Waals surface area contributed by atoms with Crippen molar-refractivity contribution < 1.29 is 9.47 Å². The van der Waals surface area contributed by atoms with E-state index in [9.17, 15) is 0 Å². The van der Waals surface area contributed by atoms with E-state index < -0.39 is 0 Å². The number of fused-ring (bicyclic) bond motifs is 1. The monoisotopic (exact) mass is 384 g/mol. The van der Waals surface area contributed by atoms with Gasteiger partial charge in [-0.2, -0.15) is 0 Å². The Morgan fingerprint density at radius 1 is 0.655 bits per heavy atom. The molecule has 146 valence electrons. The molecule has 1 heterocycles. The van der Waals surface area contributed by atoms with Gasteiger partial charge in [0.05, 0.1) is 19.7 Å². The van der Waals surface area contributed by atoms with Crippen LogP contribution in [0.4, 0.5) is 5.82 Å². The number of benzene rings is 3. The maximum absolute atomic E-state index is 5.29. The Morgan fingerprint density at radius 2 is 1.21 bits per heavy atom. The first-order valence-electron chi connectivity index (χ1n) is 9.62. The fraction of sp³-hybridized carbons (Fsp3) is 0.160. The van der Waals surface area contributed by atoms with Crippen LogP contribution in [0.2, 0.25) is 0 Å². The summed E-state index contributed by atoms with van der Waals surface area (Å²) in [7, 11) is 3.37. The number of ether oxygens (including phenoxy) is 2. The Morgan fingerprint density at radius 3 is 1.76 bits per heavy atom. The van der Waals surface area contributed by atoms with E-state index in [1.165, 1.54) is 11.1 Å². The zero-order valence-corrected chi connectivity index (χ0v) is 16.7. The van der Waals surface area contributed by atoms with E-state index in [0.717, 1.165) is 41.3 Å². The molecule has 4 nitrogen and oxygen atoms in total. The third-order valence-electron chi connectivity index (χ3n) is 4.97. The minimum Gasteiger partial charge on any atom is -0.497 e. The fourth-order valence-corrected chi connectivity index (χ4v) is 3.35. The molecule has 1 aromatic heterocycles. The Kier molecular flexibility index (Phi) is 5.61. The van der Waals surface area contributed by atoms with Crippen LogP contribution in [0.1, 0.15) is 11.1 Å². The highest BCUT2D eigenvalue weighted by Gasteiger charge is 2.11. The molecule has 0 radical (unpaired) electrons. The van der Waals surface area contributed by atoms with E-state index in [-0.39, 0.29) is 0 Å². The molecule has 0 aliphatic carbocycles. The molecule has 0 saturated heterocycles. The van der Waals surface area contributed by atoms with Gasteiger partial charge in [0.25, 0.3) is 0 Å². The van der Waals surface area contributed by atoms with Gasteiger partial charge in [0.15, 0.2) is 0 Å². The molecular weight excluding hydrogens is 360 g/mol. The normalized spacial score (nSPS) is 10.7. The van der Waals surface area contributed by atoms with Crippen molar-refractivity contribution in [3.8, 4) is 11.5 Å². The van der Waals surface area contributed by atoms with Crippen LogP contribution in [0.5, 0.6) is 11.5 Å². The van der Waals surface area contributed by atoms with E-state index >= 15 is 0 Å². The SMILES string of the molecule is COc1ccc(CN(Cc2ccc(OC)cc2)c2ccc3ccccc3n2)cc1. The minimum atomic E-state index is 0.751. The van der Waals surface area contributed by atoms with Crippen LogP contribution in [-0.4, -0.2) is 19.2 Å². The Labute approximate surface area is 171 Å². The quantitative estimate of drug-likeness (QED) is 0.424. The van der Waals surface area contributed by atoms with Crippen molar-refractivity contribution >= 4 is 16.7 Å². The maximum atomic E-state index is 5.29. The van der Waals surface area contributed by atoms with Crippen molar-refractivity contribution in [2.24, 2.45) is 0 Å². The molecule has 3 aromatic carbocycles. The van der Waals surface area contributed by atoms with Crippen LogP contribution >= 0.6 is 0 Å². The molecule has 0 N–H and O–H groups in total. The number of hydrogen-bond acceptors (Lipinski definition) is 4. The van der Waals surface area contributed by atoms with Gasteiger partial charge in [-0.1, -0.05) is 42.5 Å². The molecule has 29 heavy (non-hydrogen) atoms. The number of pyridine rings is 1. The van der Waals surface area contributed by atoms with Crippen molar-refractivity contribution in [2.45, 2.75) is 13.1 Å². The molecule has 0 amide bonds. The Balaban J connectivity index is 1.65. The average Bonchev–Trinajstić information content (AvgIpc) is 2.79. The van der Waals surface area contributed by atoms with Crippen LogP contribution in [0.15, 0.2) is 84.9 Å². The zero-order valence-electron chi connectivity index (χ0n) is 16.7. The standard InChI is InChI=1S/C25H24N2O2/c1-28-22-12-7-19(8-13-22)17-27(18-20-9-14-23(29-2)15-10-20)25-16-11-21-5-3-4-6-24(21)26-25/h3-16H,17-18H2,1-2H3. The van der Waals surface area contributed by atoms with Crippen LogP contribution < -0.4 is 14.4 Å². The zero-order chi connectivity index (χ0) is 20.1. The minimum absolute atomic E-state index is 0.751. The lowest BCUT2D eigenvalue weighted by atomic mass is 10.1.